The maximum absolute atomic E-state index is 5.40. The van der Waals surface area contributed by atoms with Gasteiger partial charge in [0.25, 0.3) is 0 Å². The van der Waals surface area contributed by atoms with Crippen LogP contribution in [0.4, 0.5) is 11.6 Å². The first-order valence-corrected chi connectivity index (χ1v) is 7.15. The van der Waals surface area contributed by atoms with Crippen molar-refractivity contribution in [1.82, 2.24) is 9.97 Å². The fourth-order valence-electron chi connectivity index (χ4n) is 2.28. The predicted molar refractivity (Wildman–Crippen MR) is 77.7 cm³/mol. The number of hydrogen-bond donors (Lipinski definition) is 2. The van der Waals surface area contributed by atoms with Crippen molar-refractivity contribution in [2.24, 2.45) is 0 Å². The maximum Gasteiger partial charge on any atom is 0.135 e. The normalized spacial score (nSPS) is 18.8. The SMILES string of the molecule is CCCNc1ncnc(NC2CCOC2)c1C(C)C. The molecule has 1 fully saturated rings. The van der Waals surface area contributed by atoms with Crippen LogP contribution in [0.15, 0.2) is 6.33 Å². The second-order valence-corrected chi connectivity index (χ2v) is 5.27. The lowest BCUT2D eigenvalue weighted by Gasteiger charge is -2.19. The molecule has 0 saturated carbocycles. The van der Waals surface area contributed by atoms with Gasteiger partial charge in [0.2, 0.25) is 0 Å². The Hall–Kier alpha value is -1.36. The van der Waals surface area contributed by atoms with Crippen LogP contribution < -0.4 is 10.6 Å². The summed E-state index contributed by atoms with van der Waals surface area (Å²) < 4.78 is 5.40. The van der Waals surface area contributed by atoms with Gasteiger partial charge in [0.1, 0.15) is 18.0 Å². The highest BCUT2D eigenvalue weighted by molar-refractivity contribution is 5.59. The van der Waals surface area contributed by atoms with Gasteiger partial charge >= 0.3 is 0 Å². The average Bonchev–Trinajstić information content (AvgIpc) is 2.89. The fraction of sp³-hybridized carbons (Fsp3) is 0.714. The molecule has 1 aliphatic heterocycles. The van der Waals surface area contributed by atoms with Crippen molar-refractivity contribution in [3.63, 3.8) is 0 Å². The van der Waals surface area contributed by atoms with E-state index in [-0.39, 0.29) is 0 Å². The van der Waals surface area contributed by atoms with E-state index in [1.165, 1.54) is 5.56 Å². The lowest BCUT2D eigenvalue weighted by molar-refractivity contribution is 0.195. The monoisotopic (exact) mass is 264 g/mol. The summed E-state index contributed by atoms with van der Waals surface area (Å²) in [5.74, 6) is 2.28. The highest BCUT2D eigenvalue weighted by Crippen LogP contribution is 2.29. The summed E-state index contributed by atoms with van der Waals surface area (Å²) in [6.45, 7) is 9.03. The van der Waals surface area contributed by atoms with Gasteiger partial charge < -0.3 is 15.4 Å². The molecule has 1 unspecified atom stereocenters. The van der Waals surface area contributed by atoms with Crippen LogP contribution in [-0.4, -0.2) is 35.8 Å². The van der Waals surface area contributed by atoms with Gasteiger partial charge in [-0.2, -0.15) is 0 Å². The van der Waals surface area contributed by atoms with Gasteiger partial charge in [-0.3, -0.25) is 0 Å². The molecular weight excluding hydrogens is 240 g/mol. The Morgan fingerprint density at radius 1 is 1.37 bits per heavy atom. The summed E-state index contributed by atoms with van der Waals surface area (Å²) in [5.41, 5.74) is 1.17. The highest BCUT2D eigenvalue weighted by atomic mass is 16.5. The van der Waals surface area contributed by atoms with E-state index in [4.69, 9.17) is 4.74 Å². The third-order valence-corrected chi connectivity index (χ3v) is 3.27. The van der Waals surface area contributed by atoms with Gasteiger partial charge in [-0.05, 0) is 18.8 Å². The van der Waals surface area contributed by atoms with Gasteiger partial charge in [0.05, 0.1) is 12.6 Å². The number of rotatable bonds is 6. The molecule has 5 nitrogen and oxygen atoms in total. The van der Waals surface area contributed by atoms with Crippen molar-refractivity contribution in [3.05, 3.63) is 11.9 Å². The molecule has 0 aliphatic carbocycles. The summed E-state index contributed by atoms with van der Waals surface area (Å²) in [5, 5.41) is 6.88. The van der Waals surface area contributed by atoms with Gasteiger partial charge in [-0.15, -0.1) is 0 Å². The third-order valence-electron chi connectivity index (χ3n) is 3.27. The summed E-state index contributed by atoms with van der Waals surface area (Å²) in [6.07, 6.45) is 3.75. The van der Waals surface area contributed by atoms with Crippen LogP contribution in [0.1, 0.15) is 45.1 Å². The topological polar surface area (TPSA) is 59.1 Å². The summed E-state index contributed by atoms with van der Waals surface area (Å²) >= 11 is 0. The highest BCUT2D eigenvalue weighted by Gasteiger charge is 2.20. The standard InChI is InChI=1S/C14H24N4O/c1-4-6-15-13-12(10(2)3)14(17-9-16-13)18-11-5-7-19-8-11/h9-11H,4-8H2,1-3H3,(H2,15,16,17,18). The van der Waals surface area contributed by atoms with Crippen molar-refractivity contribution in [3.8, 4) is 0 Å². The Morgan fingerprint density at radius 2 is 2.16 bits per heavy atom. The Kier molecular flexibility index (Phi) is 4.96. The minimum absolute atomic E-state index is 0.367. The van der Waals surface area contributed by atoms with E-state index in [2.05, 4.69) is 41.4 Å². The minimum atomic E-state index is 0.367. The van der Waals surface area contributed by atoms with Crippen LogP contribution in [-0.2, 0) is 4.74 Å². The Labute approximate surface area is 115 Å². The number of nitrogens with zero attached hydrogens (tertiary/aromatic N) is 2. The first-order valence-electron chi connectivity index (χ1n) is 7.15. The molecular formula is C14H24N4O. The Bertz CT molecular complexity index is 402. The zero-order valence-electron chi connectivity index (χ0n) is 12.1. The molecule has 0 bridgehead atoms. The van der Waals surface area contributed by atoms with E-state index >= 15 is 0 Å². The lowest BCUT2D eigenvalue weighted by atomic mass is 10.0. The van der Waals surface area contributed by atoms with Gasteiger partial charge in [-0.25, -0.2) is 9.97 Å². The van der Waals surface area contributed by atoms with E-state index in [1.807, 2.05) is 0 Å². The predicted octanol–water partition coefficient (Wildman–Crippen LogP) is 2.62. The molecule has 19 heavy (non-hydrogen) atoms. The third kappa shape index (κ3) is 3.56. The summed E-state index contributed by atoms with van der Waals surface area (Å²) in [6, 6.07) is 0.367. The van der Waals surface area contributed by atoms with Crippen LogP contribution in [0.2, 0.25) is 0 Å². The van der Waals surface area contributed by atoms with Crippen molar-refractivity contribution >= 4 is 11.6 Å². The second-order valence-electron chi connectivity index (χ2n) is 5.27. The smallest absolute Gasteiger partial charge is 0.135 e. The zero-order valence-corrected chi connectivity index (χ0v) is 12.1. The lowest BCUT2D eigenvalue weighted by Crippen LogP contribution is -2.22. The van der Waals surface area contributed by atoms with Crippen LogP contribution >= 0.6 is 0 Å². The number of anilines is 2. The molecule has 1 atom stereocenters. The molecule has 2 rings (SSSR count). The molecule has 106 valence electrons. The number of ether oxygens (including phenoxy) is 1. The summed E-state index contributed by atoms with van der Waals surface area (Å²) in [4.78, 5) is 8.79. The van der Waals surface area contributed by atoms with Crippen LogP contribution in [0, 0.1) is 0 Å². The average molecular weight is 264 g/mol. The molecule has 0 spiro atoms. The Balaban J connectivity index is 2.20. The van der Waals surface area contributed by atoms with E-state index in [0.717, 1.165) is 44.2 Å². The first kappa shape index (κ1) is 14.1. The van der Waals surface area contributed by atoms with Gasteiger partial charge in [0.15, 0.2) is 0 Å². The maximum atomic E-state index is 5.40. The van der Waals surface area contributed by atoms with Crippen LogP contribution in [0.3, 0.4) is 0 Å². The number of aromatic nitrogens is 2. The molecule has 1 saturated heterocycles. The van der Waals surface area contributed by atoms with E-state index in [0.29, 0.717) is 12.0 Å². The quantitative estimate of drug-likeness (QED) is 0.827. The number of hydrogen-bond acceptors (Lipinski definition) is 5. The first-order chi connectivity index (χ1) is 9.22. The molecule has 0 radical (unpaired) electrons. The second kappa shape index (κ2) is 6.70. The fourth-order valence-corrected chi connectivity index (χ4v) is 2.28. The molecule has 2 heterocycles. The van der Waals surface area contributed by atoms with Gasteiger partial charge in [0, 0.05) is 18.7 Å². The van der Waals surface area contributed by atoms with Crippen molar-refractivity contribution in [2.45, 2.75) is 45.6 Å². The summed E-state index contributed by atoms with van der Waals surface area (Å²) in [7, 11) is 0. The zero-order chi connectivity index (χ0) is 13.7. The molecule has 5 heteroatoms. The molecule has 2 N–H and O–H groups in total. The molecule has 1 aromatic rings. The van der Waals surface area contributed by atoms with Crippen molar-refractivity contribution in [1.29, 1.82) is 0 Å². The van der Waals surface area contributed by atoms with Crippen molar-refractivity contribution in [2.75, 3.05) is 30.4 Å². The van der Waals surface area contributed by atoms with Crippen LogP contribution in [0.25, 0.3) is 0 Å². The molecule has 0 amide bonds. The molecule has 1 aromatic heterocycles. The number of nitrogens with one attached hydrogen (secondary N) is 2. The largest absolute Gasteiger partial charge is 0.379 e. The van der Waals surface area contributed by atoms with E-state index in [1.54, 1.807) is 6.33 Å². The minimum Gasteiger partial charge on any atom is -0.379 e. The molecule has 0 aromatic carbocycles. The van der Waals surface area contributed by atoms with E-state index in [9.17, 15) is 0 Å². The van der Waals surface area contributed by atoms with Gasteiger partial charge in [-0.1, -0.05) is 20.8 Å². The Morgan fingerprint density at radius 3 is 2.79 bits per heavy atom. The molecule has 1 aliphatic rings. The van der Waals surface area contributed by atoms with Crippen molar-refractivity contribution < 1.29 is 4.74 Å². The van der Waals surface area contributed by atoms with Crippen LogP contribution in [0.5, 0.6) is 0 Å². The van der Waals surface area contributed by atoms with E-state index < -0.39 is 0 Å².